The van der Waals surface area contributed by atoms with E-state index in [9.17, 15) is 32.1 Å². The van der Waals surface area contributed by atoms with E-state index in [1.807, 2.05) is 0 Å². The Morgan fingerprint density at radius 2 is 1.56 bits per heavy atom. The normalized spacial score (nSPS) is 12.1. The molecule has 43 heavy (non-hydrogen) atoms. The molecule has 0 bridgehead atoms. The van der Waals surface area contributed by atoms with Crippen molar-refractivity contribution in [3.05, 3.63) is 126 Å². The molecule has 0 aliphatic rings. The number of fused-ring (bicyclic) bond motifs is 1. The number of carbonyl (C=O) groups excluding carboxylic acids is 1. The van der Waals surface area contributed by atoms with Crippen LogP contribution in [-0.4, -0.2) is 26.2 Å². The summed E-state index contributed by atoms with van der Waals surface area (Å²) in [4.78, 5) is 28.6. The molecule has 0 saturated carbocycles. The number of hydrogen-bond donors (Lipinski definition) is 2. The number of amides is 1. The zero-order valence-corrected chi connectivity index (χ0v) is 23.1. The number of benzene rings is 4. The third kappa shape index (κ3) is 7.44. The van der Waals surface area contributed by atoms with Crippen LogP contribution < -0.4 is 10.1 Å². The molecule has 1 unspecified atom stereocenters. The smallest absolute Gasteiger partial charge is 0.416 e. The van der Waals surface area contributed by atoms with Crippen LogP contribution in [0.25, 0.3) is 10.8 Å². The Morgan fingerprint density at radius 1 is 0.860 bits per heavy atom. The highest BCUT2D eigenvalue weighted by Crippen LogP contribution is 2.30. The standard InChI is InChI=1S/C32H23F3N2O5S/c33-32(34,35)24-10-5-20(6-11-24)19-43(41)26-13-9-22-16-25(12-8-23(22)17-26)42-30-14-7-21(18-36-30)15-29(38)37-28-4-2-1-3-27(28)31(39)40/h1-14,16-18H,15,19H2,(H,37,38)(H,39,40). The fourth-order valence-corrected chi connectivity index (χ4v) is 5.43. The highest BCUT2D eigenvalue weighted by molar-refractivity contribution is 7.84. The Bertz CT molecular complexity index is 1820. The van der Waals surface area contributed by atoms with Crippen molar-refractivity contribution in [2.45, 2.75) is 23.2 Å². The second-order valence-corrected chi connectivity index (χ2v) is 11.0. The molecule has 0 radical (unpaired) electrons. The molecule has 1 amide bonds. The van der Waals surface area contributed by atoms with Gasteiger partial charge < -0.3 is 15.2 Å². The maximum Gasteiger partial charge on any atom is 0.416 e. The molecule has 0 spiro atoms. The van der Waals surface area contributed by atoms with Crippen LogP contribution in [0.4, 0.5) is 18.9 Å². The van der Waals surface area contributed by atoms with Crippen molar-refractivity contribution in [2.75, 3.05) is 5.32 Å². The largest absolute Gasteiger partial charge is 0.478 e. The molecule has 1 aromatic heterocycles. The SMILES string of the molecule is O=C(Cc1ccc(Oc2ccc3cc(S(=O)Cc4ccc(C(F)(F)F)cc4)ccc3c2)nc1)Nc1ccccc1C(=O)O. The summed E-state index contributed by atoms with van der Waals surface area (Å²) >= 11 is 0. The van der Waals surface area contributed by atoms with Crippen molar-refractivity contribution < 1.29 is 36.8 Å². The number of carboxylic acids is 1. The number of carboxylic acid groups (broad SMARTS) is 1. The minimum absolute atomic E-state index is 0.00394. The molecule has 218 valence electrons. The molecule has 1 heterocycles. The summed E-state index contributed by atoms with van der Waals surface area (Å²) in [7, 11) is -1.45. The monoisotopic (exact) mass is 604 g/mol. The van der Waals surface area contributed by atoms with E-state index in [1.165, 1.54) is 30.5 Å². The summed E-state index contributed by atoms with van der Waals surface area (Å²) in [6.45, 7) is 0. The molecule has 1 atom stereocenters. The zero-order chi connectivity index (χ0) is 30.6. The van der Waals surface area contributed by atoms with E-state index in [-0.39, 0.29) is 23.4 Å². The lowest BCUT2D eigenvalue weighted by Gasteiger charge is -2.10. The zero-order valence-electron chi connectivity index (χ0n) is 22.3. The number of aromatic carboxylic acids is 1. The van der Waals surface area contributed by atoms with Crippen LogP contribution in [-0.2, 0) is 33.9 Å². The Morgan fingerprint density at radius 3 is 2.26 bits per heavy atom. The topological polar surface area (TPSA) is 106 Å². The average Bonchev–Trinajstić information content (AvgIpc) is 2.98. The molecular formula is C32H23F3N2O5S. The highest BCUT2D eigenvalue weighted by atomic mass is 32.2. The van der Waals surface area contributed by atoms with Crippen LogP contribution in [0.3, 0.4) is 0 Å². The molecule has 0 fully saturated rings. The summed E-state index contributed by atoms with van der Waals surface area (Å²) in [6, 6.07) is 24.7. The number of para-hydroxylation sites is 1. The van der Waals surface area contributed by atoms with Crippen molar-refractivity contribution in [3.8, 4) is 11.6 Å². The third-order valence-corrected chi connectivity index (χ3v) is 7.82. The number of anilines is 1. The summed E-state index contributed by atoms with van der Waals surface area (Å²) in [5, 5.41) is 13.5. The van der Waals surface area contributed by atoms with Crippen LogP contribution in [0.15, 0.2) is 108 Å². The van der Waals surface area contributed by atoms with Crippen LogP contribution in [0, 0.1) is 0 Å². The predicted octanol–water partition coefficient (Wildman–Crippen LogP) is 7.23. The van der Waals surface area contributed by atoms with E-state index in [4.69, 9.17) is 4.74 Å². The Labute approximate surface area is 246 Å². The van der Waals surface area contributed by atoms with Crippen molar-refractivity contribution in [1.29, 1.82) is 0 Å². The first-order chi connectivity index (χ1) is 20.5. The van der Waals surface area contributed by atoms with Crippen molar-refractivity contribution >= 4 is 39.1 Å². The third-order valence-electron chi connectivity index (χ3n) is 6.44. The number of alkyl halides is 3. The van der Waals surface area contributed by atoms with E-state index in [2.05, 4.69) is 10.3 Å². The minimum atomic E-state index is -4.42. The van der Waals surface area contributed by atoms with Gasteiger partial charge in [0.15, 0.2) is 0 Å². The first-order valence-corrected chi connectivity index (χ1v) is 14.2. The van der Waals surface area contributed by atoms with Crippen molar-refractivity contribution in [2.24, 2.45) is 0 Å². The molecule has 5 rings (SSSR count). The Kier molecular flexibility index (Phi) is 8.53. The molecule has 0 aliphatic carbocycles. The predicted molar refractivity (Wildman–Crippen MR) is 156 cm³/mol. The van der Waals surface area contributed by atoms with Crippen LogP contribution >= 0.6 is 0 Å². The maximum absolute atomic E-state index is 12.9. The van der Waals surface area contributed by atoms with E-state index in [0.29, 0.717) is 27.7 Å². The summed E-state index contributed by atoms with van der Waals surface area (Å²) in [5.74, 6) is -0.634. The molecule has 2 N–H and O–H groups in total. The van der Waals surface area contributed by atoms with Crippen LogP contribution in [0.5, 0.6) is 11.6 Å². The Balaban J connectivity index is 1.20. The van der Waals surface area contributed by atoms with E-state index in [1.54, 1.807) is 60.7 Å². The second kappa shape index (κ2) is 12.5. The summed E-state index contributed by atoms with van der Waals surface area (Å²) in [5.41, 5.74) is 0.601. The lowest BCUT2D eigenvalue weighted by atomic mass is 10.1. The number of nitrogens with zero attached hydrogens (tertiary/aromatic N) is 1. The van der Waals surface area contributed by atoms with Crippen molar-refractivity contribution in [1.82, 2.24) is 4.98 Å². The molecule has 11 heteroatoms. The van der Waals surface area contributed by atoms with Crippen LogP contribution in [0.1, 0.15) is 27.0 Å². The highest BCUT2D eigenvalue weighted by Gasteiger charge is 2.30. The first-order valence-electron chi connectivity index (χ1n) is 12.9. The van der Waals surface area contributed by atoms with Gasteiger partial charge in [0.2, 0.25) is 11.8 Å². The number of ether oxygens (including phenoxy) is 1. The molecule has 5 aromatic rings. The number of nitrogens with one attached hydrogen (secondary N) is 1. The average molecular weight is 605 g/mol. The van der Waals surface area contributed by atoms with E-state index >= 15 is 0 Å². The quantitative estimate of drug-likeness (QED) is 0.184. The van der Waals surface area contributed by atoms with Gasteiger partial charge in [-0.2, -0.15) is 13.2 Å². The van der Waals surface area contributed by atoms with Gasteiger partial charge in [0.05, 0.1) is 39.8 Å². The molecule has 4 aromatic carbocycles. The molecule has 0 saturated heterocycles. The number of halogens is 3. The van der Waals surface area contributed by atoms with Gasteiger partial charge >= 0.3 is 12.1 Å². The van der Waals surface area contributed by atoms with E-state index < -0.39 is 34.4 Å². The van der Waals surface area contributed by atoms with Gasteiger partial charge in [0, 0.05) is 17.2 Å². The maximum atomic E-state index is 12.9. The lowest BCUT2D eigenvalue weighted by Crippen LogP contribution is -2.16. The Hall–Kier alpha value is -5.03. The second-order valence-electron chi connectivity index (χ2n) is 9.54. The fraction of sp³-hybridized carbons (Fsp3) is 0.0938. The van der Waals surface area contributed by atoms with Crippen molar-refractivity contribution in [3.63, 3.8) is 0 Å². The van der Waals surface area contributed by atoms with Gasteiger partial charge in [-0.05, 0) is 70.4 Å². The van der Waals surface area contributed by atoms with Gasteiger partial charge in [0.1, 0.15) is 5.75 Å². The molecular weight excluding hydrogens is 581 g/mol. The number of rotatable bonds is 9. The first kappa shape index (κ1) is 29.5. The van der Waals surface area contributed by atoms with Gasteiger partial charge in [-0.1, -0.05) is 42.5 Å². The molecule has 7 nitrogen and oxygen atoms in total. The van der Waals surface area contributed by atoms with Gasteiger partial charge in [0.25, 0.3) is 0 Å². The fourth-order valence-electron chi connectivity index (χ4n) is 4.29. The number of aromatic nitrogens is 1. The van der Waals surface area contributed by atoms with Gasteiger partial charge in [-0.15, -0.1) is 0 Å². The number of carbonyl (C=O) groups is 2. The summed E-state index contributed by atoms with van der Waals surface area (Å²) in [6.07, 6.45) is -2.94. The number of hydrogen-bond acceptors (Lipinski definition) is 5. The van der Waals surface area contributed by atoms with E-state index in [0.717, 1.165) is 22.9 Å². The van der Waals surface area contributed by atoms with Gasteiger partial charge in [-0.3, -0.25) is 9.00 Å². The number of pyridine rings is 1. The summed E-state index contributed by atoms with van der Waals surface area (Å²) < 4.78 is 57.1. The minimum Gasteiger partial charge on any atom is -0.478 e. The van der Waals surface area contributed by atoms with Gasteiger partial charge in [-0.25, -0.2) is 9.78 Å². The molecule has 0 aliphatic heterocycles. The lowest BCUT2D eigenvalue weighted by molar-refractivity contribution is -0.137. The van der Waals surface area contributed by atoms with Crippen LogP contribution in [0.2, 0.25) is 0 Å².